The first kappa shape index (κ1) is 15.3. The third-order valence-corrected chi connectivity index (χ3v) is 5.46. The van der Waals surface area contributed by atoms with Crippen LogP contribution >= 0.6 is 11.3 Å². The molecule has 1 atom stereocenters. The van der Waals surface area contributed by atoms with E-state index < -0.39 is 0 Å². The van der Waals surface area contributed by atoms with E-state index in [0.29, 0.717) is 19.0 Å². The van der Waals surface area contributed by atoms with E-state index >= 15 is 0 Å². The van der Waals surface area contributed by atoms with Gasteiger partial charge in [-0.3, -0.25) is 9.69 Å². The highest BCUT2D eigenvalue weighted by molar-refractivity contribution is 7.09. The molecule has 2 aliphatic rings. The van der Waals surface area contributed by atoms with Gasteiger partial charge in [0.1, 0.15) is 0 Å². The van der Waals surface area contributed by atoms with Crippen LogP contribution in [-0.2, 0) is 11.3 Å². The number of nitrogens with zero attached hydrogens (tertiary/aromatic N) is 5. The Hall–Kier alpha value is -1.56. The highest BCUT2D eigenvalue weighted by Gasteiger charge is 2.35. The molecule has 7 heteroatoms. The van der Waals surface area contributed by atoms with Crippen LogP contribution in [0.3, 0.4) is 0 Å². The predicted octanol–water partition coefficient (Wildman–Crippen LogP) is 2.87. The fourth-order valence-corrected chi connectivity index (χ4v) is 4.19. The van der Waals surface area contributed by atoms with Crippen LogP contribution in [0.2, 0.25) is 0 Å². The second-order valence-corrected chi connectivity index (χ2v) is 7.15. The van der Waals surface area contributed by atoms with Gasteiger partial charge in [-0.05, 0) is 35.7 Å². The Morgan fingerprint density at radius 1 is 1.41 bits per heavy atom. The van der Waals surface area contributed by atoms with Crippen molar-refractivity contribution in [2.75, 3.05) is 26.2 Å². The van der Waals surface area contributed by atoms with Gasteiger partial charge in [-0.15, -0.1) is 11.3 Å². The molecular weight excluding hydrogens is 298 g/mol. The fraction of sp³-hybridized carbons (Fsp3) is 0.667. The summed E-state index contributed by atoms with van der Waals surface area (Å²) in [5, 5.41) is 5.74. The maximum absolute atomic E-state index is 12.2. The lowest BCUT2D eigenvalue weighted by atomic mass is 10.0. The van der Waals surface area contributed by atoms with Crippen molar-refractivity contribution >= 4 is 17.2 Å². The Morgan fingerprint density at radius 2 is 2.23 bits per heavy atom. The Morgan fingerprint density at radius 3 is 2.91 bits per heavy atom. The van der Waals surface area contributed by atoms with Gasteiger partial charge in [0, 0.05) is 55.0 Å². The maximum Gasteiger partial charge on any atom is 0.223 e. The molecule has 0 saturated carbocycles. The molecule has 0 aromatic carbocycles. The Bertz CT molecular complexity index is 546. The van der Waals surface area contributed by atoms with Gasteiger partial charge in [-0.1, -0.05) is 11.2 Å². The number of hydrogen-bond donors (Lipinski definition) is 0. The van der Waals surface area contributed by atoms with E-state index in [9.17, 15) is 4.79 Å². The van der Waals surface area contributed by atoms with E-state index in [2.05, 4.69) is 32.4 Å². The van der Waals surface area contributed by atoms with Gasteiger partial charge in [0.2, 0.25) is 5.91 Å². The molecule has 2 fully saturated rings. The number of rotatable bonds is 5. The minimum atomic E-state index is 0.201. The van der Waals surface area contributed by atoms with Crippen LogP contribution in [0.25, 0.3) is 10.4 Å². The number of thiophene rings is 1. The van der Waals surface area contributed by atoms with E-state index in [-0.39, 0.29) is 11.8 Å². The molecule has 2 aliphatic heterocycles. The van der Waals surface area contributed by atoms with Crippen molar-refractivity contribution in [3.8, 4) is 0 Å². The molecule has 6 nitrogen and oxygen atoms in total. The molecule has 22 heavy (non-hydrogen) atoms. The second kappa shape index (κ2) is 7.13. The van der Waals surface area contributed by atoms with E-state index in [1.165, 1.54) is 4.88 Å². The first-order chi connectivity index (χ1) is 10.8. The van der Waals surface area contributed by atoms with Crippen molar-refractivity contribution in [1.82, 2.24) is 9.80 Å². The van der Waals surface area contributed by atoms with Crippen molar-refractivity contribution in [3.63, 3.8) is 0 Å². The Labute approximate surface area is 134 Å². The summed E-state index contributed by atoms with van der Waals surface area (Å²) in [5.41, 5.74) is 8.40. The van der Waals surface area contributed by atoms with Crippen molar-refractivity contribution in [2.24, 2.45) is 11.0 Å². The Kier molecular flexibility index (Phi) is 4.97. The molecule has 0 radical (unpaired) electrons. The molecular formula is C15H21N5OS. The summed E-state index contributed by atoms with van der Waals surface area (Å²) in [5.74, 6) is 0.433. The SMILES string of the molecule is [N-]=[N+]=NCC1CC(=O)N(C2CCN(Cc3cccs3)CC2)C1. The standard InChI is InChI=1S/C15H21N5OS/c16-18-17-9-12-8-15(21)20(10-12)13-3-5-19(6-4-13)11-14-2-1-7-22-14/h1-2,7,12-13H,3-6,8-11H2. The van der Waals surface area contributed by atoms with E-state index in [0.717, 1.165) is 39.0 Å². The molecule has 1 aromatic rings. The third kappa shape index (κ3) is 3.61. The van der Waals surface area contributed by atoms with Crippen molar-refractivity contribution < 1.29 is 4.79 Å². The van der Waals surface area contributed by atoms with Gasteiger partial charge in [0.05, 0.1) is 0 Å². The first-order valence-corrected chi connectivity index (χ1v) is 8.69. The smallest absolute Gasteiger partial charge is 0.223 e. The maximum atomic E-state index is 12.2. The number of piperidine rings is 1. The molecule has 0 aliphatic carbocycles. The second-order valence-electron chi connectivity index (χ2n) is 6.12. The zero-order valence-corrected chi connectivity index (χ0v) is 13.4. The van der Waals surface area contributed by atoms with Gasteiger partial charge >= 0.3 is 0 Å². The monoisotopic (exact) mass is 319 g/mol. The molecule has 0 bridgehead atoms. The largest absolute Gasteiger partial charge is 0.339 e. The van der Waals surface area contributed by atoms with Gasteiger partial charge in [0.25, 0.3) is 0 Å². The molecule has 2 saturated heterocycles. The summed E-state index contributed by atoms with van der Waals surface area (Å²) >= 11 is 1.81. The lowest BCUT2D eigenvalue weighted by Crippen LogP contribution is -2.45. The zero-order valence-electron chi connectivity index (χ0n) is 12.6. The zero-order chi connectivity index (χ0) is 15.4. The molecule has 1 aromatic heterocycles. The summed E-state index contributed by atoms with van der Waals surface area (Å²) in [4.78, 5) is 20.9. The van der Waals surface area contributed by atoms with Crippen LogP contribution < -0.4 is 0 Å². The van der Waals surface area contributed by atoms with Crippen LogP contribution in [-0.4, -0.2) is 47.9 Å². The molecule has 0 N–H and O–H groups in total. The third-order valence-electron chi connectivity index (χ3n) is 4.60. The van der Waals surface area contributed by atoms with Crippen LogP contribution in [0.15, 0.2) is 22.6 Å². The van der Waals surface area contributed by atoms with Crippen LogP contribution in [0, 0.1) is 5.92 Å². The quantitative estimate of drug-likeness (QED) is 0.475. The fourth-order valence-electron chi connectivity index (χ4n) is 3.45. The average molecular weight is 319 g/mol. The van der Waals surface area contributed by atoms with E-state index in [1.54, 1.807) is 11.3 Å². The summed E-state index contributed by atoms with van der Waals surface area (Å²) in [6, 6.07) is 4.64. The number of carbonyl (C=O) groups is 1. The summed E-state index contributed by atoms with van der Waals surface area (Å²) < 4.78 is 0. The lowest BCUT2D eigenvalue weighted by Gasteiger charge is -2.36. The molecule has 118 valence electrons. The number of azide groups is 1. The highest BCUT2D eigenvalue weighted by atomic mass is 32.1. The van der Waals surface area contributed by atoms with Gasteiger partial charge < -0.3 is 4.90 Å². The molecule has 3 heterocycles. The van der Waals surface area contributed by atoms with E-state index in [4.69, 9.17) is 5.53 Å². The van der Waals surface area contributed by atoms with Crippen LogP contribution in [0.5, 0.6) is 0 Å². The number of amides is 1. The van der Waals surface area contributed by atoms with E-state index in [1.807, 2.05) is 4.90 Å². The molecule has 1 amide bonds. The Balaban J connectivity index is 1.48. The molecule has 0 spiro atoms. The van der Waals surface area contributed by atoms with Gasteiger partial charge in [-0.2, -0.15) is 0 Å². The van der Waals surface area contributed by atoms with Gasteiger partial charge in [-0.25, -0.2) is 0 Å². The minimum Gasteiger partial charge on any atom is -0.339 e. The molecule has 1 unspecified atom stereocenters. The number of carbonyl (C=O) groups excluding carboxylic acids is 1. The van der Waals surface area contributed by atoms with Gasteiger partial charge in [0.15, 0.2) is 0 Å². The van der Waals surface area contributed by atoms with Crippen molar-refractivity contribution in [3.05, 3.63) is 32.8 Å². The van der Waals surface area contributed by atoms with Crippen LogP contribution in [0.4, 0.5) is 0 Å². The predicted molar refractivity (Wildman–Crippen MR) is 86.5 cm³/mol. The lowest BCUT2D eigenvalue weighted by molar-refractivity contribution is -0.130. The summed E-state index contributed by atoms with van der Waals surface area (Å²) in [7, 11) is 0. The average Bonchev–Trinajstić information content (AvgIpc) is 3.16. The van der Waals surface area contributed by atoms with Crippen LogP contribution in [0.1, 0.15) is 24.1 Å². The van der Waals surface area contributed by atoms with Crippen molar-refractivity contribution in [1.29, 1.82) is 0 Å². The highest BCUT2D eigenvalue weighted by Crippen LogP contribution is 2.26. The topological polar surface area (TPSA) is 72.3 Å². The number of hydrogen-bond acceptors (Lipinski definition) is 4. The van der Waals surface area contributed by atoms with Crippen molar-refractivity contribution in [2.45, 2.75) is 31.8 Å². The first-order valence-electron chi connectivity index (χ1n) is 7.81. The normalized spacial score (nSPS) is 23.7. The summed E-state index contributed by atoms with van der Waals surface area (Å²) in [6.07, 6.45) is 2.63. The number of likely N-dealkylation sites (tertiary alicyclic amines) is 2. The minimum absolute atomic E-state index is 0.201. The summed E-state index contributed by atoms with van der Waals surface area (Å²) in [6.45, 7) is 4.32. The molecule has 3 rings (SSSR count).